The minimum atomic E-state index is -3.70. The molecule has 3 aromatic rings. The first-order chi connectivity index (χ1) is 24.9. The Kier molecular flexibility index (Phi) is 11.8. The van der Waals surface area contributed by atoms with Crippen molar-refractivity contribution in [2.24, 2.45) is 0 Å². The average Bonchev–Trinajstić information content (AvgIpc) is 3.12. The van der Waals surface area contributed by atoms with E-state index in [0.29, 0.717) is 40.7 Å². The monoisotopic (exact) mass is 804 g/mol. The van der Waals surface area contributed by atoms with Crippen LogP contribution in [-0.2, 0) is 14.8 Å². The lowest BCUT2D eigenvalue weighted by molar-refractivity contribution is -0.130. The number of benzene rings is 2. The number of nitrogens with one attached hydrogen (secondary N) is 2. The smallest absolute Gasteiger partial charge is 0.232 e. The van der Waals surface area contributed by atoms with Crippen molar-refractivity contribution in [1.82, 2.24) is 19.8 Å². The number of anilines is 6. The molecule has 0 atom stereocenters. The molecular formula is C35H46BrFN8O6S. The molecule has 5 heterocycles. The van der Waals surface area contributed by atoms with Crippen molar-refractivity contribution in [3.63, 3.8) is 0 Å². The van der Waals surface area contributed by atoms with Gasteiger partial charge in [0.1, 0.15) is 17.3 Å². The number of sulfonamides is 1. The minimum absolute atomic E-state index is 0.0517. The van der Waals surface area contributed by atoms with Crippen molar-refractivity contribution in [3.8, 4) is 17.2 Å². The van der Waals surface area contributed by atoms with E-state index in [1.54, 1.807) is 14.0 Å². The highest BCUT2D eigenvalue weighted by atomic mass is 79.9. The number of ether oxygens (including phenoxy) is 3. The summed E-state index contributed by atoms with van der Waals surface area (Å²) in [5, 5.41) is 6.34. The quantitative estimate of drug-likeness (QED) is 0.344. The summed E-state index contributed by atoms with van der Waals surface area (Å²) in [6.45, 7) is 7.36. The normalized spacial score (nSPS) is 17.8. The third-order valence-electron chi connectivity index (χ3n) is 9.80. The zero-order valence-electron chi connectivity index (χ0n) is 30.0. The predicted octanol–water partition coefficient (Wildman–Crippen LogP) is 5.34. The lowest BCUT2D eigenvalue weighted by Gasteiger charge is -2.43. The molecule has 1 aromatic heterocycles. The molecule has 14 nitrogen and oxygen atoms in total. The Morgan fingerprint density at radius 1 is 0.981 bits per heavy atom. The number of nitrogens with zero attached hydrogens (tertiary/aromatic N) is 6. The number of fused-ring (bicyclic) bond motifs is 8. The molecule has 52 heavy (non-hydrogen) atoms. The minimum Gasteiger partial charge on any atom is -0.494 e. The van der Waals surface area contributed by atoms with E-state index in [9.17, 15) is 13.2 Å². The van der Waals surface area contributed by atoms with E-state index in [4.69, 9.17) is 14.2 Å². The molecule has 7 rings (SSSR count). The molecule has 1 amide bonds. The van der Waals surface area contributed by atoms with Gasteiger partial charge in [0.25, 0.3) is 0 Å². The van der Waals surface area contributed by atoms with Gasteiger partial charge < -0.3 is 34.6 Å². The van der Waals surface area contributed by atoms with Crippen LogP contribution in [0.2, 0.25) is 0 Å². The molecule has 0 spiro atoms. The van der Waals surface area contributed by atoms with Crippen LogP contribution >= 0.6 is 15.9 Å². The maximum atomic E-state index is 15.3. The number of hydrogen-bond donors (Lipinski definition) is 2. The first kappa shape index (κ1) is 37.7. The van der Waals surface area contributed by atoms with Gasteiger partial charge in [-0.1, -0.05) is 0 Å². The molecule has 2 fully saturated rings. The number of hydrogen-bond acceptors (Lipinski definition) is 12. The van der Waals surface area contributed by atoms with Crippen LogP contribution in [0.3, 0.4) is 0 Å². The van der Waals surface area contributed by atoms with Crippen LogP contribution in [0, 0.1) is 5.82 Å². The van der Waals surface area contributed by atoms with Gasteiger partial charge in [-0.2, -0.15) is 4.98 Å². The fourth-order valence-corrected chi connectivity index (χ4v) is 7.55. The zero-order chi connectivity index (χ0) is 37.0. The van der Waals surface area contributed by atoms with E-state index in [2.05, 4.69) is 46.3 Å². The number of carbonyl (C=O) groups is 1. The van der Waals surface area contributed by atoms with E-state index < -0.39 is 15.8 Å². The van der Waals surface area contributed by atoms with Gasteiger partial charge >= 0.3 is 0 Å². The molecule has 2 aromatic carbocycles. The third-order valence-corrected chi connectivity index (χ3v) is 11.6. The first-order valence-corrected chi connectivity index (χ1v) is 20.1. The van der Waals surface area contributed by atoms with Gasteiger partial charge in [-0.3, -0.25) is 14.0 Å². The second-order valence-corrected chi connectivity index (χ2v) is 16.1. The fraction of sp³-hybridized carbons (Fsp3) is 0.514. The molecule has 0 unspecified atom stereocenters. The Balaban J connectivity index is 1.28. The Bertz CT molecular complexity index is 1870. The van der Waals surface area contributed by atoms with Gasteiger partial charge in [-0.05, 0) is 48.0 Å². The van der Waals surface area contributed by atoms with Crippen molar-refractivity contribution >= 4 is 66.4 Å². The van der Waals surface area contributed by atoms with E-state index in [0.717, 1.165) is 81.2 Å². The molecule has 6 bridgehead atoms. The molecule has 4 aliphatic rings. The summed E-state index contributed by atoms with van der Waals surface area (Å²) in [6, 6.07) is 6.92. The van der Waals surface area contributed by atoms with Crippen LogP contribution < -0.4 is 34.0 Å². The number of amides is 1. The SMILES string of the molecule is COc1cc(N2CCC(N3CCN(C(C)=O)CC3)CC2)c2cc1Nc1ncc(Br)c(n1)Nc1cc(F)c(cc1N(C)S(C)(=O)=O)OCCCCCO2. The number of carbonyl (C=O) groups excluding carboxylic acids is 1. The van der Waals surface area contributed by atoms with E-state index >= 15 is 4.39 Å². The van der Waals surface area contributed by atoms with E-state index in [-0.39, 0.29) is 41.4 Å². The summed E-state index contributed by atoms with van der Waals surface area (Å²) in [4.78, 5) is 27.7. The predicted molar refractivity (Wildman–Crippen MR) is 203 cm³/mol. The summed E-state index contributed by atoms with van der Waals surface area (Å²) in [5.74, 6) is 1.20. The second-order valence-electron chi connectivity index (χ2n) is 13.2. The molecule has 17 heteroatoms. The van der Waals surface area contributed by atoms with Crippen LogP contribution in [-0.4, -0.2) is 113 Å². The summed E-state index contributed by atoms with van der Waals surface area (Å²) in [6.07, 6.45) is 6.74. The lowest BCUT2D eigenvalue weighted by Crippen LogP contribution is -2.54. The number of piperazine rings is 1. The molecule has 4 aliphatic heterocycles. The number of rotatable bonds is 5. The molecular weight excluding hydrogens is 759 g/mol. The van der Waals surface area contributed by atoms with Crippen molar-refractivity contribution in [3.05, 3.63) is 40.8 Å². The van der Waals surface area contributed by atoms with Crippen LogP contribution in [0.4, 0.5) is 38.9 Å². The summed E-state index contributed by atoms with van der Waals surface area (Å²) in [5.41, 5.74) is 1.88. The maximum absolute atomic E-state index is 15.3. The maximum Gasteiger partial charge on any atom is 0.232 e. The van der Waals surface area contributed by atoms with Crippen molar-refractivity contribution in [1.29, 1.82) is 0 Å². The van der Waals surface area contributed by atoms with Crippen LogP contribution in [0.15, 0.2) is 34.9 Å². The van der Waals surface area contributed by atoms with Gasteiger partial charge in [-0.25, -0.2) is 17.8 Å². The Hall–Kier alpha value is -4.09. The number of aromatic nitrogens is 2. The Morgan fingerprint density at radius 3 is 2.33 bits per heavy atom. The summed E-state index contributed by atoms with van der Waals surface area (Å²) >= 11 is 3.47. The molecule has 282 valence electrons. The van der Waals surface area contributed by atoms with Crippen molar-refractivity contribution in [2.75, 3.05) is 92.7 Å². The highest BCUT2D eigenvalue weighted by Crippen LogP contribution is 2.42. The summed E-state index contributed by atoms with van der Waals surface area (Å²) in [7, 11) is -0.706. The molecule has 2 saturated heterocycles. The van der Waals surface area contributed by atoms with Crippen LogP contribution in [0.1, 0.15) is 39.0 Å². The van der Waals surface area contributed by atoms with Crippen LogP contribution in [0.5, 0.6) is 17.2 Å². The topological polar surface area (TPSA) is 142 Å². The molecule has 0 aliphatic carbocycles. The third kappa shape index (κ3) is 8.74. The van der Waals surface area contributed by atoms with E-state index in [1.165, 1.54) is 25.4 Å². The summed E-state index contributed by atoms with van der Waals surface area (Å²) < 4.78 is 60.1. The van der Waals surface area contributed by atoms with Gasteiger partial charge in [0.15, 0.2) is 11.6 Å². The molecule has 0 saturated carbocycles. The average molecular weight is 806 g/mol. The Labute approximate surface area is 312 Å². The number of piperidine rings is 1. The van der Waals surface area contributed by atoms with Crippen LogP contribution in [0.25, 0.3) is 0 Å². The Morgan fingerprint density at radius 2 is 1.67 bits per heavy atom. The van der Waals surface area contributed by atoms with Gasteiger partial charge in [-0.15, -0.1) is 0 Å². The standard InChI is InChI=1S/C35H46BrFN8O6S/c1-23(46)43-12-14-44(15-13-43)24-8-10-45(11-9-24)30-21-32(49-3)28-19-33(30)51-17-7-5-6-16-50-31-20-29(42(2)52(4,47)48)27(18-26(31)37)39-34-25(36)22-38-35(40-28)41-34/h18-22,24H,5-17H2,1-4H3,(H2,38,39,40,41). The van der Waals surface area contributed by atoms with Crippen molar-refractivity contribution in [2.45, 2.75) is 45.1 Å². The number of methoxy groups -OCH3 is 1. The number of halogens is 2. The zero-order valence-corrected chi connectivity index (χ0v) is 32.4. The fourth-order valence-electron chi connectivity index (χ4n) is 6.75. The highest BCUT2D eigenvalue weighted by Gasteiger charge is 2.30. The second kappa shape index (κ2) is 16.3. The first-order valence-electron chi connectivity index (χ1n) is 17.5. The van der Waals surface area contributed by atoms with E-state index in [1.807, 2.05) is 17.0 Å². The molecule has 2 N–H and O–H groups in total. The van der Waals surface area contributed by atoms with Crippen molar-refractivity contribution < 1.29 is 31.8 Å². The van der Waals surface area contributed by atoms with Gasteiger partial charge in [0.2, 0.25) is 21.9 Å². The largest absolute Gasteiger partial charge is 0.494 e. The highest BCUT2D eigenvalue weighted by molar-refractivity contribution is 9.10. The lowest BCUT2D eigenvalue weighted by atomic mass is 10.0. The van der Waals surface area contributed by atoms with Gasteiger partial charge in [0.05, 0.1) is 53.8 Å². The molecule has 0 radical (unpaired) electrons. The van der Waals surface area contributed by atoms with Gasteiger partial charge in [0, 0.05) is 89.7 Å².